The van der Waals surface area contributed by atoms with Gasteiger partial charge in [-0.1, -0.05) is 0 Å². The number of carbonyl (C=O) groups is 1. The van der Waals surface area contributed by atoms with E-state index < -0.39 is 10.2 Å². The Morgan fingerprint density at radius 3 is 2.46 bits per heavy atom. The van der Waals surface area contributed by atoms with E-state index in [2.05, 4.69) is 5.10 Å². The zero-order valence-corrected chi connectivity index (χ0v) is 16.0. The average molecular weight is 383 g/mol. The number of hydrogen-bond acceptors (Lipinski definition) is 5. The first kappa shape index (κ1) is 19.0. The maximum Gasteiger partial charge on any atom is 0.281 e. The molecule has 1 amide bonds. The van der Waals surface area contributed by atoms with Crippen molar-refractivity contribution in [2.45, 2.75) is 32.2 Å². The lowest BCUT2D eigenvalue weighted by atomic mass is 9.97. The SMILES string of the molecule is CN(C)S(=O)(=O)N1CCN(C(=O)Cn2nc3c(cc2=O)CCCC3)CC1. The molecule has 3 rings (SSSR count). The molecule has 1 aromatic rings. The van der Waals surface area contributed by atoms with Gasteiger partial charge in [0.15, 0.2) is 0 Å². The highest BCUT2D eigenvalue weighted by atomic mass is 32.2. The van der Waals surface area contributed by atoms with Crippen molar-refractivity contribution in [2.75, 3.05) is 40.3 Å². The summed E-state index contributed by atoms with van der Waals surface area (Å²) in [6.07, 6.45) is 3.82. The Labute approximate surface area is 153 Å². The average Bonchev–Trinajstić information content (AvgIpc) is 2.62. The van der Waals surface area contributed by atoms with Crippen LogP contribution in [0, 0.1) is 0 Å². The van der Waals surface area contributed by atoms with Crippen LogP contribution in [-0.2, 0) is 34.4 Å². The molecule has 10 heteroatoms. The molecule has 1 aliphatic carbocycles. The van der Waals surface area contributed by atoms with E-state index in [0.29, 0.717) is 13.1 Å². The lowest BCUT2D eigenvalue weighted by Gasteiger charge is -2.35. The standard InChI is InChI=1S/C16H25N5O4S/c1-18(2)26(24,25)20-9-7-19(8-10-20)16(23)12-21-15(22)11-13-5-3-4-6-14(13)17-21/h11H,3-10,12H2,1-2H3. The number of aromatic nitrogens is 2. The normalized spacial score (nSPS) is 18.8. The number of carbonyl (C=O) groups excluding carboxylic acids is 1. The van der Waals surface area contributed by atoms with Crippen LogP contribution in [0.15, 0.2) is 10.9 Å². The topological polar surface area (TPSA) is 95.8 Å². The van der Waals surface area contributed by atoms with Gasteiger partial charge in [0.05, 0.1) is 5.69 Å². The number of hydrogen-bond donors (Lipinski definition) is 0. The van der Waals surface area contributed by atoms with Crippen LogP contribution in [-0.4, -0.2) is 77.9 Å². The van der Waals surface area contributed by atoms with Crippen molar-refractivity contribution >= 4 is 16.1 Å². The van der Waals surface area contributed by atoms with Gasteiger partial charge in [0.25, 0.3) is 15.8 Å². The van der Waals surface area contributed by atoms with Crippen LogP contribution in [0.3, 0.4) is 0 Å². The van der Waals surface area contributed by atoms with Crippen molar-refractivity contribution in [1.29, 1.82) is 0 Å². The Morgan fingerprint density at radius 1 is 1.15 bits per heavy atom. The zero-order chi connectivity index (χ0) is 18.9. The summed E-state index contributed by atoms with van der Waals surface area (Å²) in [5.74, 6) is -0.211. The molecular weight excluding hydrogens is 358 g/mol. The zero-order valence-electron chi connectivity index (χ0n) is 15.2. The van der Waals surface area contributed by atoms with Crippen molar-refractivity contribution < 1.29 is 13.2 Å². The Hall–Kier alpha value is -1.78. The van der Waals surface area contributed by atoms with Gasteiger partial charge in [0.1, 0.15) is 6.54 Å². The second-order valence-electron chi connectivity index (χ2n) is 6.89. The first-order valence-electron chi connectivity index (χ1n) is 8.84. The van der Waals surface area contributed by atoms with Crippen LogP contribution in [0.5, 0.6) is 0 Å². The molecule has 0 radical (unpaired) electrons. The molecule has 0 N–H and O–H groups in total. The van der Waals surface area contributed by atoms with E-state index in [1.807, 2.05) is 0 Å². The molecule has 0 spiro atoms. The molecule has 0 unspecified atom stereocenters. The molecule has 1 aliphatic heterocycles. The molecule has 0 aromatic carbocycles. The summed E-state index contributed by atoms with van der Waals surface area (Å²) in [6.45, 7) is 1.02. The van der Waals surface area contributed by atoms with E-state index in [-0.39, 0.29) is 31.1 Å². The smallest absolute Gasteiger partial charge is 0.281 e. The highest BCUT2D eigenvalue weighted by Gasteiger charge is 2.30. The van der Waals surface area contributed by atoms with Crippen molar-refractivity contribution in [1.82, 2.24) is 23.3 Å². The number of rotatable bonds is 4. The predicted octanol–water partition coefficient (Wildman–Crippen LogP) is -0.927. The third-order valence-corrected chi connectivity index (χ3v) is 6.88. The van der Waals surface area contributed by atoms with Gasteiger partial charge in [0, 0.05) is 46.3 Å². The molecule has 0 bridgehead atoms. The fourth-order valence-corrected chi connectivity index (χ4v) is 4.43. The summed E-state index contributed by atoms with van der Waals surface area (Å²) < 4.78 is 28.0. The third kappa shape index (κ3) is 3.81. The molecule has 0 saturated carbocycles. The third-order valence-electron chi connectivity index (χ3n) is 4.94. The molecule has 144 valence electrons. The summed E-state index contributed by atoms with van der Waals surface area (Å²) in [4.78, 5) is 26.3. The summed E-state index contributed by atoms with van der Waals surface area (Å²) in [6, 6.07) is 1.59. The Balaban J connectivity index is 1.64. The van der Waals surface area contributed by atoms with Crippen molar-refractivity contribution in [3.05, 3.63) is 27.7 Å². The fraction of sp³-hybridized carbons (Fsp3) is 0.688. The van der Waals surface area contributed by atoms with Gasteiger partial charge in [-0.15, -0.1) is 0 Å². The Bertz CT molecular complexity index is 841. The van der Waals surface area contributed by atoms with E-state index in [0.717, 1.165) is 36.9 Å². The summed E-state index contributed by atoms with van der Waals surface area (Å²) >= 11 is 0. The van der Waals surface area contributed by atoms with Crippen LogP contribution in [0.1, 0.15) is 24.1 Å². The molecule has 1 aromatic heterocycles. The van der Waals surface area contributed by atoms with E-state index in [4.69, 9.17) is 0 Å². The van der Waals surface area contributed by atoms with E-state index in [1.165, 1.54) is 27.4 Å². The van der Waals surface area contributed by atoms with Gasteiger partial charge >= 0.3 is 0 Å². The van der Waals surface area contributed by atoms with E-state index >= 15 is 0 Å². The van der Waals surface area contributed by atoms with Gasteiger partial charge in [-0.2, -0.15) is 22.1 Å². The minimum Gasteiger partial charge on any atom is -0.338 e. The molecule has 1 saturated heterocycles. The Kier molecular flexibility index (Phi) is 5.44. The van der Waals surface area contributed by atoms with E-state index in [9.17, 15) is 18.0 Å². The highest BCUT2D eigenvalue weighted by Crippen LogP contribution is 2.17. The minimum absolute atomic E-state index is 0.105. The molecule has 1 fully saturated rings. The minimum atomic E-state index is -3.46. The van der Waals surface area contributed by atoms with Gasteiger partial charge in [-0.05, 0) is 31.2 Å². The molecule has 2 heterocycles. The molecular formula is C16H25N5O4S. The number of amides is 1. The lowest BCUT2D eigenvalue weighted by molar-refractivity contribution is -0.133. The summed E-state index contributed by atoms with van der Waals surface area (Å²) in [7, 11) is -0.490. The van der Waals surface area contributed by atoms with Crippen molar-refractivity contribution in [3.63, 3.8) is 0 Å². The van der Waals surface area contributed by atoms with Gasteiger partial charge in [-0.3, -0.25) is 9.59 Å². The quantitative estimate of drug-likeness (QED) is 0.670. The van der Waals surface area contributed by atoms with Crippen LogP contribution in [0.25, 0.3) is 0 Å². The van der Waals surface area contributed by atoms with Gasteiger partial charge < -0.3 is 4.90 Å². The number of piperazine rings is 1. The van der Waals surface area contributed by atoms with Crippen LogP contribution < -0.4 is 5.56 Å². The van der Waals surface area contributed by atoms with Gasteiger partial charge in [-0.25, -0.2) is 4.68 Å². The summed E-state index contributed by atoms with van der Waals surface area (Å²) in [5.41, 5.74) is 1.64. The van der Waals surface area contributed by atoms with Crippen molar-refractivity contribution in [3.8, 4) is 0 Å². The Morgan fingerprint density at radius 2 is 1.81 bits per heavy atom. The largest absolute Gasteiger partial charge is 0.338 e. The molecule has 0 atom stereocenters. The molecule has 9 nitrogen and oxygen atoms in total. The monoisotopic (exact) mass is 383 g/mol. The molecule has 26 heavy (non-hydrogen) atoms. The highest BCUT2D eigenvalue weighted by molar-refractivity contribution is 7.86. The first-order valence-corrected chi connectivity index (χ1v) is 10.2. The second-order valence-corrected chi connectivity index (χ2v) is 9.03. The number of nitrogens with zero attached hydrogens (tertiary/aromatic N) is 5. The summed E-state index contributed by atoms with van der Waals surface area (Å²) in [5, 5.41) is 4.37. The van der Waals surface area contributed by atoms with Crippen LogP contribution in [0.4, 0.5) is 0 Å². The number of fused-ring (bicyclic) bond motifs is 1. The van der Waals surface area contributed by atoms with Crippen molar-refractivity contribution in [2.24, 2.45) is 0 Å². The van der Waals surface area contributed by atoms with E-state index in [1.54, 1.807) is 11.0 Å². The van der Waals surface area contributed by atoms with Gasteiger partial charge in [0.2, 0.25) is 5.91 Å². The lowest BCUT2D eigenvalue weighted by Crippen LogP contribution is -2.53. The predicted molar refractivity (Wildman–Crippen MR) is 95.9 cm³/mol. The fourth-order valence-electron chi connectivity index (χ4n) is 3.34. The number of aryl methyl sites for hydroxylation is 2. The first-order chi connectivity index (χ1) is 12.3. The van der Waals surface area contributed by atoms with Crippen LogP contribution >= 0.6 is 0 Å². The second kappa shape index (κ2) is 7.45. The molecule has 2 aliphatic rings. The van der Waals surface area contributed by atoms with Crippen LogP contribution in [0.2, 0.25) is 0 Å². The maximum absolute atomic E-state index is 12.5. The maximum atomic E-state index is 12.5.